The van der Waals surface area contributed by atoms with Crippen LogP contribution in [0.4, 0.5) is 11.8 Å². The lowest BCUT2D eigenvalue weighted by Crippen LogP contribution is -2.32. The van der Waals surface area contributed by atoms with Crippen molar-refractivity contribution in [2.24, 2.45) is 0 Å². The molecule has 1 saturated heterocycles. The number of amides is 1. The molecule has 86 valence electrons. The van der Waals surface area contributed by atoms with Crippen LogP contribution >= 0.6 is 11.6 Å². The topological polar surface area (TPSA) is 92.9 Å². The number of halogens is 1. The Balaban J connectivity index is 1.91. The Bertz CT molecular complexity index is 391. The van der Waals surface area contributed by atoms with Gasteiger partial charge in [0.25, 0.3) is 0 Å². The number of nitrogens with zero attached hydrogens (tertiary/aromatic N) is 2. The van der Waals surface area contributed by atoms with E-state index in [2.05, 4.69) is 20.6 Å². The van der Waals surface area contributed by atoms with Crippen LogP contribution in [-0.4, -0.2) is 28.5 Å². The highest BCUT2D eigenvalue weighted by Gasteiger charge is 2.20. The molecule has 1 amide bonds. The molecule has 1 aromatic heterocycles. The van der Waals surface area contributed by atoms with Gasteiger partial charge in [0.05, 0.1) is 0 Å². The van der Waals surface area contributed by atoms with Crippen molar-refractivity contribution in [3.63, 3.8) is 0 Å². The fourth-order valence-electron chi connectivity index (χ4n) is 1.58. The lowest BCUT2D eigenvalue weighted by atomic mass is 10.2. The van der Waals surface area contributed by atoms with Gasteiger partial charge in [0.1, 0.15) is 11.0 Å². The van der Waals surface area contributed by atoms with E-state index in [1.54, 1.807) is 6.07 Å². The lowest BCUT2D eigenvalue weighted by Gasteiger charge is -2.11. The lowest BCUT2D eigenvalue weighted by molar-refractivity contribution is -0.119. The molecule has 7 heteroatoms. The summed E-state index contributed by atoms with van der Waals surface area (Å²) in [5, 5.41) is 6.20. The predicted octanol–water partition coefficient (Wildman–Crippen LogP) is 0.403. The van der Waals surface area contributed by atoms with Crippen molar-refractivity contribution in [3.05, 3.63) is 11.2 Å². The molecule has 6 nitrogen and oxygen atoms in total. The molecule has 0 spiro atoms. The minimum absolute atomic E-state index is 0.0898. The van der Waals surface area contributed by atoms with E-state index in [1.807, 2.05) is 0 Å². The van der Waals surface area contributed by atoms with Crippen molar-refractivity contribution in [2.45, 2.75) is 18.9 Å². The minimum atomic E-state index is 0.0898. The molecule has 1 aromatic rings. The predicted molar refractivity (Wildman–Crippen MR) is 61.1 cm³/mol. The molecule has 1 fully saturated rings. The number of aromatic nitrogens is 2. The highest BCUT2D eigenvalue weighted by atomic mass is 35.5. The normalized spacial score (nSPS) is 19.6. The zero-order valence-corrected chi connectivity index (χ0v) is 9.29. The maximum absolute atomic E-state index is 11.0. The summed E-state index contributed by atoms with van der Waals surface area (Å²) in [5.74, 6) is 0.788. The van der Waals surface area contributed by atoms with Gasteiger partial charge in [-0.1, -0.05) is 11.6 Å². The zero-order valence-electron chi connectivity index (χ0n) is 8.53. The van der Waals surface area contributed by atoms with Crippen molar-refractivity contribution >= 4 is 29.3 Å². The summed E-state index contributed by atoms with van der Waals surface area (Å²) in [6.07, 6.45) is 1.42. The summed E-state index contributed by atoms with van der Waals surface area (Å²) < 4.78 is 0. The van der Waals surface area contributed by atoms with Gasteiger partial charge in [0.15, 0.2) is 0 Å². The number of carbonyl (C=O) groups excluding carboxylic acids is 1. The molecule has 0 bridgehead atoms. The van der Waals surface area contributed by atoms with Crippen LogP contribution in [0.5, 0.6) is 0 Å². The van der Waals surface area contributed by atoms with E-state index < -0.39 is 0 Å². The Labute approximate surface area is 97.6 Å². The smallest absolute Gasteiger partial charge is 0.223 e. The van der Waals surface area contributed by atoms with Crippen LogP contribution in [-0.2, 0) is 4.79 Å². The molecule has 0 saturated carbocycles. The highest BCUT2D eigenvalue weighted by Crippen LogP contribution is 2.13. The number of rotatable bonds is 3. The second-order valence-corrected chi connectivity index (χ2v) is 4.01. The molecule has 0 aromatic carbocycles. The van der Waals surface area contributed by atoms with Crippen LogP contribution in [0.2, 0.25) is 5.15 Å². The van der Waals surface area contributed by atoms with Gasteiger partial charge in [-0.05, 0) is 6.42 Å². The molecule has 1 atom stereocenters. The van der Waals surface area contributed by atoms with Crippen molar-refractivity contribution in [2.75, 3.05) is 17.6 Å². The molecule has 2 heterocycles. The summed E-state index contributed by atoms with van der Waals surface area (Å²) in [6, 6.07) is 1.73. The summed E-state index contributed by atoms with van der Waals surface area (Å²) in [7, 11) is 0. The van der Waals surface area contributed by atoms with Gasteiger partial charge in [0.2, 0.25) is 11.9 Å². The van der Waals surface area contributed by atoms with Crippen LogP contribution in [0.3, 0.4) is 0 Å². The molecular formula is C9H12ClN5O. The standard InChI is InChI=1S/C9H12ClN5O/c10-6-3-7(15-9(11)14-6)12-4-5-1-2-8(16)13-5/h3,5H,1-2,4H2,(H,13,16)(H3,11,12,14,15). The number of carbonyl (C=O) groups is 1. The van der Waals surface area contributed by atoms with Crippen LogP contribution in [0, 0.1) is 0 Å². The van der Waals surface area contributed by atoms with Gasteiger partial charge >= 0.3 is 0 Å². The number of anilines is 2. The zero-order chi connectivity index (χ0) is 11.5. The van der Waals surface area contributed by atoms with E-state index in [0.29, 0.717) is 23.9 Å². The van der Waals surface area contributed by atoms with Gasteiger partial charge < -0.3 is 16.4 Å². The highest BCUT2D eigenvalue weighted by molar-refractivity contribution is 6.29. The van der Waals surface area contributed by atoms with E-state index in [-0.39, 0.29) is 17.9 Å². The SMILES string of the molecule is Nc1nc(Cl)cc(NCC2CCC(=O)N2)n1. The third-order valence-corrected chi connectivity index (χ3v) is 2.52. The maximum atomic E-state index is 11.0. The molecule has 4 N–H and O–H groups in total. The average molecular weight is 242 g/mol. The van der Waals surface area contributed by atoms with Crippen molar-refractivity contribution in [1.82, 2.24) is 15.3 Å². The number of hydrogen-bond acceptors (Lipinski definition) is 5. The van der Waals surface area contributed by atoms with E-state index in [0.717, 1.165) is 6.42 Å². The Morgan fingerprint density at radius 2 is 2.44 bits per heavy atom. The molecule has 0 radical (unpaired) electrons. The summed E-state index contributed by atoms with van der Waals surface area (Å²) >= 11 is 5.73. The molecule has 1 unspecified atom stereocenters. The fraction of sp³-hybridized carbons (Fsp3) is 0.444. The maximum Gasteiger partial charge on any atom is 0.223 e. The van der Waals surface area contributed by atoms with Crippen LogP contribution in [0.1, 0.15) is 12.8 Å². The van der Waals surface area contributed by atoms with Crippen molar-refractivity contribution < 1.29 is 4.79 Å². The Morgan fingerprint density at radius 1 is 1.62 bits per heavy atom. The second-order valence-electron chi connectivity index (χ2n) is 3.62. The Kier molecular flexibility index (Phi) is 3.09. The first kappa shape index (κ1) is 10.9. The number of hydrogen-bond donors (Lipinski definition) is 3. The molecular weight excluding hydrogens is 230 g/mol. The molecule has 2 rings (SSSR count). The first-order valence-electron chi connectivity index (χ1n) is 4.97. The number of nitrogen functional groups attached to an aromatic ring is 1. The van der Waals surface area contributed by atoms with Crippen molar-refractivity contribution in [3.8, 4) is 0 Å². The van der Waals surface area contributed by atoms with Crippen LogP contribution in [0.15, 0.2) is 6.07 Å². The number of nitrogens with one attached hydrogen (secondary N) is 2. The van der Waals surface area contributed by atoms with Gasteiger partial charge in [-0.15, -0.1) is 0 Å². The molecule has 0 aliphatic carbocycles. The fourth-order valence-corrected chi connectivity index (χ4v) is 1.77. The third kappa shape index (κ3) is 2.73. The Hall–Kier alpha value is -1.56. The summed E-state index contributed by atoms with van der Waals surface area (Å²) in [5.41, 5.74) is 5.45. The summed E-state index contributed by atoms with van der Waals surface area (Å²) in [6.45, 7) is 0.610. The van der Waals surface area contributed by atoms with E-state index in [9.17, 15) is 4.79 Å². The average Bonchev–Trinajstić information content (AvgIpc) is 2.60. The molecule has 1 aliphatic rings. The quantitative estimate of drug-likeness (QED) is 0.667. The van der Waals surface area contributed by atoms with Gasteiger partial charge in [-0.2, -0.15) is 4.98 Å². The largest absolute Gasteiger partial charge is 0.368 e. The van der Waals surface area contributed by atoms with Gasteiger partial charge in [0, 0.05) is 25.1 Å². The number of nitrogens with two attached hydrogens (primary N) is 1. The van der Waals surface area contributed by atoms with E-state index in [1.165, 1.54) is 0 Å². The Morgan fingerprint density at radius 3 is 3.06 bits per heavy atom. The monoisotopic (exact) mass is 241 g/mol. The molecule has 16 heavy (non-hydrogen) atoms. The first-order valence-corrected chi connectivity index (χ1v) is 5.34. The van der Waals surface area contributed by atoms with Gasteiger partial charge in [-0.25, -0.2) is 4.98 Å². The van der Waals surface area contributed by atoms with E-state index >= 15 is 0 Å². The second kappa shape index (κ2) is 4.52. The van der Waals surface area contributed by atoms with E-state index in [4.69, 9.17) is 17.3 Å². The van der Waals surface area contributed by atoms with Crippen molar-refractivity contribution in [1.29, 1.82) is 0 Å². The first-order chi connectivity index (χ1) is 7.63. The van der Waals surface area contributed by atoms with Crippen LogP contribution < -0.4 is 16.4 Å². The van der Waals surface area contributed by atoms with Crippen LogP contribution in [0.25, 0.3) is 0 Å². The summed E-state index contributed by atoms with van der Waals surface area (Å²) in [4.78, 5) is 18.7. The van der Waals surface area contributed by atoms with Gasteiger partial charge in [-0.3, -0.25) is 4.79 Å². The minimum Gasteiger partial charge on any atom is -0.368 e. The third-order valence-electron chi connectivity index (χ3n) is 2.33. The molecule has 1 aliphatic heterocycles.